The molecule has 0 aliphatic carbocycles. The third-order valence-electron chi connectivity index (χ3n) is 2.10. The van der Waals surface area contributed by atoms with E-state index in [1.54, 1.807) is 18.3 Å². The van der Waals surface area contributed by atoms with E-state index < -0.39 is 0 Å². The summed E-state index contributed by atoms with van der Waals surface area (Å²) < 4.78 is 11.0. The van der Waals surface area contributed by atoms with E-state index in [1.165, 1.54) is 0 Å². The largest absolute Gasteiger partial charge is 0.494 e. The maximum absolute atomic E-state index is 5.65. The molecule has 0 unspecified atom stereocenters. The standard InChI is InChI=1S/C13H14N2O2/c1-2-16-11-4-3-5-12(9-11)17-13-8-10(14)6-7-15-13/h3-9H,2H2,1H3,(H2,14,15). The number of hydrogen-bond acceptors (Lipinski definition) is 4. The van der Waals surface area contributed by atoms with Gasteiger partial charge in [0.25, 0.3) is 0 Å². The highest BCUT2D eigenvalue weighted by Crippen LogP contribution is 2.24. The number of anilines is 1. The molecular weight excluding hydrogens is 216 g/mol. The zero-order valence-electron chi connectivity index (χ0n) is 9.59. The molecule has 2 rings (SSSR count). The Morgan fingerprint density at radius 2 is 2.00 bits per heavy atom. The number of aromatic nitrogens is 1. The van der Waals surface area contributed by atoms with Gasteiger partial charge >= 0.3 is 0 Å². The molecular formula is C13H14N2O2. The van der Waals surface area contributed by atoms with Gasteiger partial charge in [0, 0.05) is 24.0 Å². The van der Waals surface area contributed by atoms with Crippen LogP contribution < -0.4 is 15.2 Å². The van der Waals surface area contributed by atoms with Gasteiger partial charge in [-0.3, -0.25) is 0 Å². The topological polar surface area (TPSA) is 57.4 Å². The molecule has 0 radical (unpaired) electrons. The molecule has 1 aromatic carbocycles. The van der Waals surface area contributed by atoms with E-state index in [-0.39, 0.29) is 0 Å². The highest BCUT2D eigenvalue weighted by atomic mass is 16.5. The smallest absolute Gasteiger partial charge is 0.221 e. The SMILES string of the molecule is CCOc1cccc(Oc2cc(N)ccn2)c1. The molecule has 0 spiro atoms. The first-order chi connectivity index (χ1) is 8.28. The van der Waals surface area contributed by atoms with Crippen LogP contribution in [0.15, 0.2) is 42.6 Å². The fraction of sp³-hybridized carbons (Fsp3) is 0.154. The second-order valence-corrected chi connectivity index (χ2v) is 3.44. The summed E-state index contributed by atoms with van der Waals surface area (Å²) in [5.74, 6) is 1.92. The Balaban J connectivity index is 2.15. The summed E-state index contributed by atoms with van der Waals surface area (Å²) in [6.07, 6.45) is 1.61. The van der Waals surface area contributed by atoms with Crippen LogP contribution in [0.3, 0.4) is 0 Å². The normalized spacial score (nSPS) is 9.94. The molecule has 0 saturated heterocycles. The molecule has 1 heterocycles. The third-order valence-corrected chi connectivity index (χ3v) is 2.10. The van der Waals surface area contributed by atoms with Crippen molar-refractivity contribution in [3.8, 4) is 17.4 Å². The number of nitrogen functional groups attached to an aromatic ring is 1. The maximum atomic E-state index is 5.65. The van der Waals surface area contributed by atoms with Gasteiger partial charge in [-0.15, -0.1) is 0 Å². The predicted octanol–water partition coefficient (Wildman–Crippen LogP) is 2.85. The fourth-order valence-corrected chi connectivity index (χ4v) is 1.40. The average molecular weight is 230 g/mol. The number of ether oxygens (including phenoxy) is 2. The highest BCUT2D eigenvalue weighted by molar-refractivity contribution is 5.42. The average Bonchev–Trinajstić information content (AvgIpc) is 2.30. The second kappa shape index (κ2) is 5.21. The minimum Gasteiger partial charge on any atom is -0.494 e. The number of rotatable bonds is 4. The summed E-state index contributed by atoms with van der Waals surface area (Å²) in [4.78, 5) is 4.07. The van der Waals surface area contributed by atoms with Gasteiger partial charge in [-0.1, -0.05) is 6.07 Å². The number of benzene rings is 1. The molecule has 17 heavy (non-hydrogen) atoms. The summed E-state index contributed by atoms with van der Waals surface area (Å²) in [5, 5.41) is 0. The lowest BCUT2D eigenvalue weighted by Gasteiger charge is -2.07. The van der Waals surface area contributed by atoms with Gasteiger partial charge in [0.1, 0.15) is 11.5 Å². The van der Waals surface area contributed by atoms with E-state index in [9.17, 15) is 0 Å². The molecule has 0 bridgehead atoms. The van der Waals surface area contributed by atoms with E-state index >= 15 is 0 Å². The Kier molecular flexibility index (Phi) is 3.45. The van der Waals surface area contributed by atoms with E-state index in [1.807, 2.05) is 31.2 Å². The first-order valence-electron chi connectivity index (χ1n) is 5.40. The van der Waals surface area contributed by atoms with Crippen molar-refractivity contribution >= 4 is 5.69 Å². The zero-order valence-corrected chi connectivity index (χ0v) is 9.59. The molecule has 0 aliphatic heterocycles. The minimum absolute atomic E-state index is 0.471. The van der Waals surface area contributed by atoms with Crippen molar-refractivity contribution in [2.75, 3.05) is 12.3 Å². The van der Waals surface area contributed by atoms with Crippen LogP contribution in [0.1, 0.15) is 6.92 Å². The third kappa shape index (κ3) is 3.11. The molecule has 0 saturated carbocycles. The number of nitrogens with two attached hydrogens (primary N) is 1. The van der Waals surface area contributed by atoms with Gasteiger partial charge in [-0.25, -0.2) is 4.98 Å². The molecule has 1 aromatic heterocycles. The summed E-state index contributed by atoms with van der Waals surface area (Å²) in [6.45, 7) is 2.56. The Morgan fingerprint density at radius 1 is 1.18 bits per heavy atom. The lowest BCUT2D eigenvalue weighted by Crippen LogP contribution is -1.93. The molecule has 0 amide bonds. The molecule has 2 aromatic rings. The number of nitrogens with zero attached hydrogens (tertiary/aromatic N) is 1. The van der Waals surface area contributed by atoms with E-state index in [0.717, 1.165) is 5.75 Å². The van der Waals surface area contributed by atoms with Crippen LogP contribution in [-0.4, -0.2) is 11.6 Å². The van der Waals surface area contributed by atoms with Crippen molar-refractivity contribution in [1.82, 2.24) is 4.98 Å². The monoisotopic (exact) mass is 230 g/mol. The van der Waals surface area contributed by atoms with Gasteiger partial charge in [0.05, 0.1) is 6.61 Å². The first kappa shape index (κ1) is 11.3. The quantitative estimate of drug-likeness (QED) is 0.877. The summed E-state index contributed by atoms with van der Waals surface area (Å²) in [7, 11) is 0. The van der Waals surface area contributed by atoms with Gasteiger partial charge in [-0.05, 0) is 25.1 Å². The summed E-state index contributed by atoms with van der Waals surface area (Å²) in [5.41, 5.74) is 6.27. The maximum Gasteiger partial charge on any atom is 0.221 e. The van der Waals surface area contributed by atoms with Crippen LogP contribution in [0.5, 0.6) is 17.4 Å². The van der Waals surface area contributed by atoms with Gasteiger partial charge in [-0.2, -0.15) is 0 Å². The summed E-state index contributed by atoms with van der Waals surface area (Å²) in [6, 6.07) is 10.8. The molecule has 2 N–H and O–H groups in total. The molecule has 0 fully saturated rings. The Hall–Kier alpha value is -2.23. The Labute approximate surface area is 100 Å². The van der Waals surface area contributed by atoms with E-state index in [4.69, 9.17) is 15.2 Å². The second-order valence-electron chi connectivity index (χ2n) is 3.44. The van der Waals surface area contributed by atoms with Crippen molar-refractivity contribution < 1.29 is 9.47 Å². The lowest BCUT2D eigenvalue weighted by atomic mass is 10.3. The first-order valence-corrected chi connectivity index (χ1v) is 5.40. The summed E-state index contributed by atoms with van der Waals surface area (Å²) >= 11 is 0. The van der Waals surface area contributed by atoms with Crippen LogP contribution >= 0.6 is 0 Å². The van der Waals surface area contributed by atoms with Crippen molar-refractivity contribution in [3.05, 3.63) is 42.6 Å². The molecule has 0 aliphatic rings. The van der Waals surface area contributed by atoms with Crippen LogP contribution in [0.25, 0.3) is 0 Å². The van der Waals surface area contributed by atoms with E-state index in [2.05, 4.69) is 4.98 Å². The zero-order chi connectivity index (χ0) is 12.1. The number of pyridine rings is 1. The van der Waals surface area contributed by atoms with Crippen LogP contribution in [0.4, 0.5) is 5.69 Å². The predicted molar refractivity (Wildman–Crippen MR) is 66.3 cm³/mol. The molecule has 4 heteroatoms. The van der Waals surface area contributed by atoms with Gasteiger partial charge in [0.2, 0.25) is 5.88 Å². The van der Waals surface area contributed by atoms with E-state index in [0.29, 0.717) is 23.9 Å². The van der Waals surface area contributed by atoms with Gasteiger partial charge in [0.15, 0.2) is 0 Å². The van der Waals surface area contributed by atoms with Crippen molar-refractivity contribution in [3.63, 3.8) is 0 Å². The van der Waals surface area contributed by atoms with Crippen molar-refractivity contribution in [2.45, 2.75) is 6.92 Å². The Morgan fingerprint density at radius 3 is 2.76 bits per heavy atom. The van der Waals surface area contributed by atoms with Crippen molar-refractivity contribution in [1.29, 1.82) is 0 Å². The van der Waals surface area contributed by atoms with Crippen LogP contribution in [0, 0.1) is 0 Å². The fourth-order valence-electron chi connectivity index (χ4n) is 1.40. The van der Waals surface area contributed by atoms with Gasteiger partial charge < -0.3 is 15.2 Å². The van der Waals surface area contributed by atoms with Crippen LogP contribution in [0.2, 0.25) is 0 Å². The molecule has 88 valence electrons. The highest BCUT2D eigenvalue weighted by Gasteiger charge is 2.00. The van der Waals surface area contributed by atoms with Crippen LogP contribution in [-0.2, 0) is 0 Å². The molecule has 0 atom stereocenters. The Bertz CT molecular complexity index is 500. The molecule has 4 nitrogen and oxygen atoms in total. The lowest BCUT2D eigenvalue weighted by molar-refractivity contribution is 0.338. The minimum atomic E-state index is 0.471. The van der Waals surface area contributed by atoms with Crippen molar-refractivity contribution in [2.24, 2.45) is 0 Å². The number of hydrogen-bond donors (Lipinski definition) is 1.